The van der Waals surface area contributed by atoms with Crippen LogP contribution in [0.2, 0.25) is 0 Å². The molecule has 0 saturated carbocycles. The molecule has 0 rings (SSSR count). The summed E-state index contributed by atoms with van der Waals surface area (Å²) in [4.78, 5) is 56.9. The molecule has 0 aromatic carbocycles. The number of amides is 3. The zero-order valence-corrected chi connectivity index (χ0v) is 20.5. The van der Waals surface area contributed by atoms with Gasteiger partial charge in [-0.2, -0.15) is 0 Å². The van der Waals surface area contributed by atoms with Gasteiger partial charge in [0, 0.05) is 13.1 Å². The maximum Gasteiger partial charge on any atom is 0.325 e. The highest BCUT2D eigenvalue weighted by Gasteiger charge is 2.30. The second kappa shape index (κ2) is 16.1. The van der Waals surface area contributed by atoms with E-state index in [2.05, 4.69) is 25.9 Å². The first-order valence-corrected chi connectivity index (χ1v) is 11.3. The molecule has 0 saturated heterocycles. The van der Waals surface area contributed by atoms with Crippen LogP contribution in [0, 0.1) is 5.92 Å². The largest absolute Gasteiger partial charge is 0.480 e. The maximum absolute atomic E-state index is 13.0. The van der Waals surface area contributed by atoms with Gasteiger partial charge < -0.3 is 49.7 Å². The van der Waals surface area contributed by atoms with Crippen LogP contribution in [0.4, 0.5) is 0 Å². The van der Waals surface area contributed by atoms with Crippen LogP contribution in [0.1, 0.15) is 46.5 Å². The average Bonchev–Trinajstić information content (AvgIpc) is 2.75. The zero-order valence-electron chi connectivity index (χ0n) is 20.5. The molecule has 0 bridgehead atoms. The minimum atomic E-state index is -1.22. The fourth-order valence-corrected chi connectivity index (χ4v) is 2.86. The number of nitrogens with two attached hydrogens (primary N) is 5. The van der Waals surface area contributed by atoms with Crippen LogP contribution >= 0.6 is 0 Å². The predicted molar refractivity (Wildman–Crippen MR) is 132 cm³/mol. The van der Waals surface area contributed by atoms with Crippen molar-refractivity contribution in [3.05, 3.63) is 0 Å². The van der Waals surface area contributed by atoms with Gasteiger partial charge in [0.15, 0.2) is 11.9 Å². The number of hydrogen-bond acceptors (Lipinski definition) is 7. The number of guanidine groups is 2. The van der Waals surface area contributed by atoms with Gasteiger partial charge >= 0.3 is 5.97 Å². The molecule has 4 atom stereocenters. The smallest absolute Gasteiger partial charge is 0.325 e. The van der Waals surface area contributed by atoms with Crippen LogP contribution in [0.25, 0.3) is 0 Å². The molecule has 0 aliphatic carbocycles. The normalized spacial score (nSPS) is 14.1. The van der Waals surface area contributed by atoms with Crippen LogP contribution < -0.4 is 44.6 Å². The number of rotatable bonds is 16. The number of hydrogen-bond donors (Lipinski definition) is 9. The summed E-state index contributed by atoms with van der Waals surface area (Å²) < 4.78 is 0. The number of carbonyl (C=O) groups is 4. The van der Waals surface area contributed by atoms with Crippen LogP contribution in [-0.4, -0.2) is 78.0 Å². The van der Waals surface area contributed by atoms with E-state index in [4.69, 9.17) is 33.8 Å². The van der Waals surface area contributed by atoms with Gasteiger partial charge in [0.05, 0.1) is 6.04 Å². The minimum Gasteiger partial charge on any atom is -0.480 e. The van der Waals surface area contributed by atoms with Gasteiger partial charge in [-0.1, -0.05) is 13.8 Å². The zero-order chi connectivity index (χ0) is 27.1. The van der Waals surface area contributed by atoms with E-state index >= 15 is 0 Å². The van der Waals surface area contributed by atoms with Crippen molar-refractivity contribution in [3.8, 4) is 0 Å². The second-order valence-electron chi connectivity index (χ2n) is 8.36. The number of nitrogens with one attached hydrogen (secondary N) is 3. The molecule has 0 spiro atoms. The number of carbonyl (C=O) groups excluding carboxylic acids is 3. The first-order valence-electron chi connectivity index (χ1n) is 11.3. The third kappa shape index (κ3) is 13.6. The molecule has 0 aliphatic heterocycles. The van der Waals surface area contributed by atoms with Crippen molar-refractivity contribution in [2.45, 2.75) is 70.6 Å². The molecular formula is C20H40N10O5. The summed E-state index contributed by atoms with van der Waals surface area (Å²) in [6.07, 6.45) is 1.23. The van der Waals surface area contributed by atoms with E-state index in [9.17, 15) is 19.2 Å². The van der Waals surface area contributed by atoms with Crippen LogP contribution in [-0.2, 0) is 19.2 Å². The number of aliphatic carboxylic acids is 1. The number of nitrogens with zero attached hydrogens (tertiary/aromatic N) is 2. The van der Waals surface area contributed by atoms with Crippen molar-refractivity contribution in [2.24, 2.45) is 44.6 Å². The first kappa shape index (κ1) is 31.4. The van der Waals surface area contributed by atoms with Crippen molar-refractivity contribution < 1.29 is 24.3 Å². The summed E-state index contributed by atoms with van der Waals surface area (Å²) >= 11 is 0. The molecule has 4 unspecified atom stereocenters. The molecule has 15 heteroatoms. The Kier molecular flexibility index (Phi) is 14.4. The maximum atomic E-state index is 13.0. The fraction of sp³-hybridized carbons (Fsp3) is 0.700. The molecule has 0 radical (unpaired) electrons. The van der Waals surface area contributed by atoms with Gasteiger partial charge in [-0.15, -0.1) is 0 Å². The van der Waals surface area contributed by atoms with Crippen molar-refractivity contribution in [1.82, 2.24) is 16.0 Å². The third-order valence-electron chi connectivity index (χ3n) is 4.86. The van der Waals surface area contributed by atoms with E-state index < -0.39 is 47.9 Å². The highest BCUT2D eigenvalue weighted by Crippen LogP contribution is 2.07. The molecule has 3 amide bonds. The Bertz CT molecular complexity index is 778. The number of carboxylic acid groups (broad SMARTS) is 1. The van der Waals surface area contributed by atoms with E-state index in [-0.39, 0.29) is 37.2 Å². The minimum absolute atomic E-state index is 0.0676. The van der Waals surface area contributed by atoms with E-state index in [1.54, 1.807) is 13.8 Å². The van der Waals surface area contributed by atoms with Crippen LogP contribution in [0.15, 0.2) is 9.98 Å². The van der Waals surface area contributed by atoms with Crippen molar-refractivity contribution in [1.29, 1.82) is 0 Å². The Balaban J connectivity index is 5.34. The first-order chi connectivity index (χ1) is 16.3. The van der Waals surface area contributed by atoms with Crippen molar-refractivity contribution >= 4 is 35.6 Å². The van der Waals surface area contributed by atoms with Crippen LogP contribution in [0.3, 0.4) is 0 Å². The summed E-state index contributed by atoms with van der Waals surface area (Å²) in [6.45, 7) is 5.20. The van der Waals surface area contributed by atoms with Crippen molar-refractivity contribution in [3.63, 3.8) is 0 Å². The second-order valence-corrected chi connectivity index (χ2v) is 8.36. The molecule has 0 aromatic rings. The number of carboxylic acids is 1. The molecule has 0 heterocycles. The molecular weight excluding hydrogens is 460 g/mol. The van der Waals surface area contributed by atoms with Crippen LogP contribution in [0.5, 0.6) is 0 Å². The molecule has 0 fully saturated rings. The van der Waals surface area contributed by atoms with Gasteiger partial charge in [0.25, 0.3) is 0 Å². The molecule has 15 nitrogen and oxygen atoms in total. The van der Waals surface area contributed by atoms with Gasteiger partial charge in [0.2, 0.25) is 17.7 Å². The third-order valence-corrected chi connectivity index (χ3v) is 4.86. The lowest BCUT2D eigenvalue weighted by atomic mass is 10.0. The highest BCUT2D eigenvalue weighted by atomic mass is 16.4. The quantitative estimate of drug-likeness (QED) is 0.0576. The molecule has 14 N–H and O–H groups in total. The summed E-state index contributed by atoms with van der Waals surface area (Å²) in [7, 11) is 0. The predicted octanol–water partition coefficient (Wildman–Crippen LogP) is -3.36. The summed E-state index contributed by atoms with van der Waals surface area (Å²) in [5.41, 5.74) is 27.1. The summed E-state index contributed by atoms with van der Waals surface area (Å²) in [6, 6.07) is -4.13. The molecule has 35 heavy (non-hydrogen) atoms. The van der Waals surface area contributed by atoms with E-state index in [0.29, 0.717) is 19.4 Å². The van der Waals surface area contributed by atoms with E-state index in [0.717, 1.165) is 0 Å². The summed E-state index contributed by atoms with van der Waals surface area (Å²) in [5, 5.41) is 16.5. The molecule has 200 valence electrons. The SMILES string of the molecule is CC(NC(=O)C(NC(=O)C(CCCN=C(N)N)NC(=O)C(N)CCCN=C(N)N)C(C)C)C(=O)O. The Morgan fingerprint density at radius 2 is 1.29 bits per heavy atom. The monoisotopic (exact) mass is 500 g/mol. The lowest BCUT2D eigenvalue weighted by Crippen LogP contribution is -2.58. The Hall–Kier alpha value is -3.62. The van der Waals surface area contributed by atoms with Gasteiger partial charge in [-0.3, -0.25) is 29.2 Å². The van der Waals surface area contributed by atoms with E-state index in [1.807, 2.05) is 0 Å². The fourth-order valence-electron chi connectivity index (χ4n) is 2.86. The van der Waals surface area contributed by atoms with Gasteiger partial charge in [0.1, 0.15) is 18.1 Å². The lowest BCUT2D eigenvalue weighted by Gasteiger charge is -2.26. The van der Waals surface area contributed by atoms with Crippen molar-refractivity contribution in [2.75, 3.05) is 13.1 Å². The molecule has 0 aliphatic rings. The standard InChI is InChI=1S/C20H40N10O5/c1-10(2)14(17(33)28-11(3)18(34)35)30-16(32)13(7-5-9-27-20(24)25)29-15(31)12(21)6-4-8-26-19(22)23/h10-14H,4-9,21H2,1-3H3,(H,28,33)(H,29,31)(H,30,32)(H,34,35)(H4,22,23,26)(H4,24,25,27). The topological polar surface area (TPSA) is 279 Å². The van der Waals surface area contributed by atoms with E-state index in [1.165, 1.54) is 6.92 Å². The Labute approximate surface area is 204 Å². The van der Waals surface area contributed by atoms with Gasteiger partial charge in [-0.05, 0) is 38.5 Å². The Morgan fingerprint density at radius 3 is 1.74 bits per heavy atom. The Morgan fingerprint density at radius 1 is 0.771 bits per heavy atom. The van der Waals surface area contributed by atoms with Gasteiger partial charge in [-0.25, -0.2) is 0 Å². The highest BCUT2D eigenvalue weighted by molar-refractivity contribution is 5.94. The number of aliphatic imine (C=N–C) groups is 2. The summed E-state index contributed by atoms with van der Waals surface area (Å²) in [5.74, 6) is -3.62. The molecule has 0 aromatic heterocycles. The average molecular weight is 501 g/mol. The lowest BCUT2D eigenvalue weighted by molar-refractivity contribution is -0.142.